The maximum absolute atomic E-state index is 10.1. The maximum Gasteiger partial charge on any atom is 1.00 e. The fraction of sp³-hybridized carbons (Fsp3) is 0.750. The fourth-order valence-electron chi connectivity index (χ4n) is 0.177. The Bertz CT molecular complexity index is 125. The summed E-state index contributed by atoms with van der Waals surface area (Å²) in [5.41, 5.74) is 0. The first kappa shape index (κ1) is 18.6. The standard InChI is InChI=1S/C4H8O3.BF4.Li/c1-6-3-4(5)7-2;2-1(3,4)5;/h3H2,1-2H3;;/q;-1;+1. The number of hydrogen-bond acceptors (Lipinski definition) is 3. The second-order valence-electron chi connectivity index (χ2n) is 1.50. The smallest absolute Gasteiger partial charge is 0.467 e. The Labute approximate surface area is 85.0 Å². The molecule has 3 nitrogen and oxygen atoms in total. The Morgan fingerprint density at radius 1 is 1.23 bits per heavy atom. The summed E-state index contributed by atoms with van der Waals surface area (Å²) >= 11 is 0. The van der Waals surface area contributed by atoms with Crippen LogP contribution >= 0.6 is 0 Å². The van der Waals surface area contributed by atoms with Crippen molar-refractivity contribution < 1.29 is 50.4 Å². The summed E-state index contributed by atoms with van der Waals surface area (Å²) in [6, 6.07) is 0. The number of esters is 1. The van der Waals surface area contributed by atoms with Gasteiger partial charge in [0.25, 0.3) is 0 Å². The van der Waals surface area contributed by atoms with Gasteiger partial charge in [0.05, 0.1) is 7.11 Å². The Hall–Kier alpha value is -0.188. The van der Waals surface area contributed by atoms with Gasteiger partial charge in [0, 0.05) is 7.11 Å². The number of hydrogen-bond donors (Lipinski definition) is 0. The first-order valence-corrected chi connectivity index (χ1v) is 2.74. The largest absolute Gasteiger partial charge is 1.00 e. The molecular formula is C4H8BF4LiO3. The average molecular weight is 198 g/mol. The van der Waals surface area contributed by atoms with Crippen LogP contribution < -0.4 is 18.9 Å². The normalized spacial score (nSPS) is 9.08. The molecule has 0 aromatic rings. The van der Waals surface area contributed by atoms with Crippen LogP contribution in [0.4, 0.5) is 17.3 Å². The summed E-state index contributed by atoms with van der Waals surface area (Å²) in [7, 11) is -3.24. The fourth-order valence-corrected chi connectivity index (χ4v) is 0.177. The molecule has 0 saturated heterocycles. The minimum absolute atomic E-state index is 0. The van der Waals surface area contributed by atoms with Crippen molar-refractivity contribution in [2.75, 3.05) is 20.8 Å². The van der Waals surface area contributed by atoms with Crippen LogP contribution in [-0.4, -0.2) is 34.1 Å². The minimum atomic E-state index is -6.00. The Kier molecular flexibility index (Phi) is 14.1. The van der Waals surface area contributed by atoms with Gasteiger partial charge in [-0.1, -0.05) is 0 Å². The zero-order valence-corrected chi connectivity index (χ0v) is 7.52. The second kappa shape index (κ2) is 9.90. The van der Waals surface area contributed by atoms with E-state index in [2.05, 4.69) is 9.47 Å². The SMILES string of the molecule is COCC(=O)OC.F[B-](F)(F)F.[Li+]. The van der Waals surface area contributed by atoms with Crippen LogP contribution in [0, 0.1) is 0 Å². The van der Waals surface area contributed by atoms with Crippen LogP contribution in [0.2, 0.25) is 0 Å². The van der Waals surface area contributed by atoms with Crippen molar-refractivity contribution in [2.24, 2.45) is 0 Å². The molecule has 0 aliphatic rings. The van der Waals surface area contributed by atoms with E-state index >= 15 is 0 Å². The van der Waals surface area contributed by atoms with E-state index in [1.807, 2.05) is 0 Å². The molecule has 0 amide bonds. The molecule has 0 atom stereocenters. The summed E-state index contributed by atoms with van der Waals surface area (Å²) in [5.74, 6) is -0.345. The van der Waals surface area contributed by atoms with Crippen molar-refractivity contribution in [3.63, 3.8) is 0 Å². The van der Waals surface area contributed by atoms with E-state index in [0.717, 1.165) is 0 Å². The summed E-state index contributed by atoms with van der Waals surface area (Å²) in [6.45, 7) is 0.0382. The van der Waals surface area contributed by atoms with Gasteiger partial charge < -0.3 is 26.7 Å². The number of ether oxygens (including phenoxy) is 2. The third-order valence-electron chi connectivity index (χ3n) is 0.490. The molecule has 0 N–H and O–H groups in total. The van der Waals surface area contributed by atoms with Crippen molar-refractivity contribution >= 4 is 13.2 Å². The zero-order valence-electron chi connectivity index (χ0n) is 7.52. The number of carbonyl (C=O) groups excluding carboxylic acids is 1. The van der Waals surface area contributed by atoms with Gasteiger partial charge in [0.2, 0.25) is 0 Å². The first-order valence-electron chi connectivity index (χ1n) is 2.74. The van der Waals surface area contributed by atoms with Crippen LogP contribution in [0.3, 0.4) is 0 Å². The van der Waals surface area contributed by atoms with E-state index in [4.69, 9.17) is 0 Å². The quantitative estimate of drug-likeness (QED) is 0.295. The van der Waals surface area contributed by atoms with Crippen molar-refractivity contribution in [1.82, 2.24) is 0 Å². The van der Waals surface area contributed by atoms with Crippen LogP contribution in [0.1, 0.15) is 0 Å². The molecule has 9 heteroatoms. The summed E-state index contributed by atoms with van der Waals surface area (Å²) in [5, 5.41) is 0. The van der Waals surface area contributed by atoms with Gasteiger partial charge >= 0.3 is 32.1 Å². The van der Waals surface area contributed by atoms with Crippen LogP contribution in [0.15, 0.2) is 0 Å². The van der Waals surface area contributed by atoms with Gasteiger partial charge in [0.1, 0.15) is 6.61 Å². The number of carbonyl (C=O) groups is 1. The Balaban J connectivity index is -0.000000150. The van der Waals surface area contributed by atoms with Crippen LogP contribution in [0.25, 0.3) is 0 Å². The maximum atomic E-state index is 10.1. The molecule has 0 saturated carbocycles. The molecule has 0 unspecified atom stereocenters. The van der Waals surface area contributed by atoms with Crippen molar-refractivity contribution in [2.45, 2.75) is 0 Å². The molecule has 0 radical (unpaired) electrons. The Morgan fingerprint density at radius 2 is 1.54 bits per heavy atom. The number of halogens is 4. The molecule has 0 aromatic carbocycles. The van der Waals surface area contributed by atoms with E-state index in [9.17, 15) is 22.1 Å². The molecule has 0 bridgehead atoms. The molecule has 13 heavy (non-hydrogen) atoms. The summed E-state index contributed by atoms with van der Waals surface area (Å²) < 4.78 is 47.6. The van der Waals surface area contributed by atoms with E-state index in [1.165, 1.54) is 14.2 Å². The zero-order chi connectivity index (χ0) is 10.2. The molecule has 0 spiro atoms. The van der Waals surface area contributed by atoms with Gasteiger partial charge in [0.15, 0.2) is 0 Å². The monoisotopic (exact) mass is 198 g/mol. The number of rotatable bonds is 2. The van der Waals surface area contributed by atoms with Gasteiger partial charge in [-0.3, -0.25) is 0 Å². The van der Waals surface area contributed by atoms with Gasteiger partial charge in [-0.2, -0.15) is 0 Å². The molecular weight excluding hydrogens is 190 g/mol. The average Bonchev–Trinajstić information content (AvgIpc) is 1.85. The van der Waals surface area contributed by atoms with E-state index in [-0.39, 0.29) is 31.4 Å². The van der Waals surface area contributed by atoms with Gasteiger partial charge in [-0.25, -0.2) is 4.79 Å². The predicted molar refractivity (Wildman–Crippen MR) is 34.1 cm³/mol. The molecule has 0 fully saturated rings. The van der Waals surface area contributed by atoms with Gasteiger partial charge in [-0.15, -0.1) is 0 Å². The van der Waals surface area contributed by atoms with Crippen molar-refractivity contribution in [3.8, 4) is 0 Å². The third-order valence-corrected chi connectivity index (χ3v) is 0.490. The summed E-state index contributed by atoms with van der Waals surface area (Å²) in [6.07, 6.45) is 0. The Morgan fingerprint density at radius 3 is 1.62 bits per heavy atom. The first-order chi connectivity index (χ1) is 5.31. The van der Waals surface area contributed by atoms with Crippen molar-refractivity contribution in [1.29, 1.82) is 0 Å². The van der Waals surface area contributed by atoms with E-state index < -0.39 is 7.25 Å². The molecule has 0 aliphatic carbocycles. The predicted octanol–water partition coefficient (Wildman–Crippen LogP) is -1.89. The number of methoxy groups -OCH3 is 2. The van der Waals surface area contributed by atoms with Gasteiger partial charge in [-0.05, 0) is 0 Å². The van der Waals surface area contributed by atoms with E-state index in [1.54, 1.807) is 0 Å². The molecule has 0 aliphatic heterocycles. The van der Waals surface area contributed by atoms with Crippen molar-refractivity contribution in [3.05, 3.63) is 0 Å². The molecule has 0 heterocycles. The molecule has 0 rings (SSSR count). The van der Waals surface area contributed by atoms with Crippen LogP contribution in [-0.2, 0) is 14.3 Å². The van der Waals surface area contributed by atoms with E-state index in [0.29, 0.717) is 0 Å². The topological polar surface area (TPSA) is 35.5 Å². The third kappa shape index (κ3) is 49.1. The summed E-state index contributed by atoms with van der Waals surface area (Å²) in [4.78, 5) is 10.1. The second-order valence-corrected chi connectivity index (χ2v) is 1.50. The molecule has 0 aromatic heterocycles. The van der Waals surface area contributed by atoms with Crippen LogP contribution in [0.5, 0.6) is 0 Å². The molecule has 74 valence electrons. The minimum Gasteiger partial charge on any atom is -0.467 e.